The van der Waals surface area contributed by atoms with Gasteiger partial charge in [0.2, 0.25) is 0 Å². The molecule has 78 valence electrons. The summed E-state index contributed by atoms with van der Waals surface area (Å²) in [5.74, 6) is 0.717. The van der Waals surface area contributed by atoms with E-state index in [2.05, 4.69) is 15.1 Å². The average molecular weight is 194 g/mol. The third kappa shape index (κ3) is 2.26. The van der Waals surface area contributed by atoms with E-state index in [0.717, 1.165) is 12.1 Å². The largest absolute Gasteiger partial charge is 0.384 e. The van der Waals surface area contributed by atoms with Crippen LogP contribution in [0.15, 0.2) is 6.20 Å². The Hall–Kier alpha value is -1.03. The standard InChI is InChI=1S/C10H18N4/c11-10-9(7-12-13-10)8-14-5-3-1-2-4-6-14/h7H,1-6,8H2,(H3,11,12,13). The van der Waals surface area contributed by atoms with E-state index in [0.29, 0.717) is 5.82 Å². The van der Waals surface area contributed by atoms with Gasteiger partial charge in [0, 0.05) is 12.1 Å². The summed E-state index contributed by atoms with van der Waals surface area (Å²) in [6, 6.07) is 0. The van der Waals surface area contributed by atoms with Gasteiger partial charge in [-0.1, -0.05) is 12.8 Å². The maximum Gasteiger partial charge on any atom is 0.123 e. The zero-order valence-corrected chi connectivity index (χ0v) is 8.50. The fraction of sp³-hybridized carbons (Fsp3) is 0.700. The second-order valence-corrected chi connectivity index (χ2v) is 4.00. The summed E-state index contributed by atoms with van der Waals surface area (Å²) < 4.78 is 0. The van der Waals surface area contributed by atoms with Crippen LogP contribution in [0.1, 0.15) is 31.2 Å². The van der Waals surface area contributed by atoms with E-state index >= 15 is 0 Å². The lowest BCUT2D eigenvalue weighted by Gasteiger charge is -2.18. The van der Waals surface area contributed by atoms with Crippen molar-refractivity contribution in [3.8, 4) is 0 Å². The van der Waals surface area contributed by atoms with Crippen molar-refractivity contribution in [3.63, 3.8) is 0 Å². The number of nitrogens with two attached hydrogens (primary N) is 1. The first-order valence-electron chi connectivity index (χ1n) is 5.36. The van der Waals surface area contributed by atoms with Crippen LogP contribution in [-0.4, -0.2) is 28.2 Å². The SMILES string of the molecule is Nc1[nH]ncc1CN1CCCCCC1. The molecule has 0 aliphatic carbocycles. The lowest BCUT2D eigenvalue weighted by atomic mass is 10.2. The monoisotopic (exact) mass is 194 g/mol. The molecule has 14 heavy (non-hydrogen) atoms. The van der Waals surface area contributed by atoms with Crippen LogP contribution in [0.3, 0.4) is 0 Å². The molecule has 1 fully saturated rings. The van der Waals surface area contributed by atoms with Crippen LogP contribution in [0.2, 0.25) is 0 Å². The number of nitrogen functional groups attached to an aromatic ring is 1. The first kappa shape index (κ1) is 9.52. The number of hydrogen-bond acceptors (Lipinski definition) is 3. The van der Waals surface area contributed by atoms with Crippen LogP contribution in [0.25, 0.3) is 0 Å². The topological polar surface area (TPSA) is 57.9 Å². The highest BCUT2D eigenvalue weighted by Gasteiger charge is 2.11. The molecule has 0 amide bonds. The Morgan fingerprint density at radius 1 is 1.29 bits per heavy atom. The van der Waals surface area contributed by atoms with Gasteiger partial charge in [-0.3, -0.25) is 10.00 Å². The third-order valence-corrected chi connectivity index (χ3v) is 2.84. The molecule has 0 unspecified atom stereocenters. The number of nitrogens with one attached hydrogen (secondary N) is 1. The normalized spacial score (nSPS) is 19.4. The molecule has 1 aliphatic rings. The van der Waals surface area contributed by atoms with Gasteiger partial charge < -0.3 is 5.73 Å². The Morgan fingerprint density at radius 2 is 2.00 bits per heavy atom. The van der Waals surface area contributed by atoms with Crippen molar-refractivity contribution in [2.24, 2.45) is 0 Å². The van der Waals surface area contributed by atoms with Crippen molar-refractivity contribution in [1.29, 1.82) is 0 Å². The number of hydrogen-bond donors (Lipinski definition) is 2. The summed E-state index contributed by atoms with van der Waals surface area (Å²) in [4.78, 5) is 2.47. The minimum absolute atomic E-state index is 0.717. The molecule has 1 aromatic heterocycles. The number of aromatic nitrogens is 2. The van der Waals surface area contributed by atoms with E-state index in [9.17, 15) is 0 Å². The Kier molecular flexibility index (Phi) is 3.03. The second-order valence-electron chi connectivity index (χ2n) is 4.00. The van der Waals surface area contributed by atoms with Gasteiger partial charge in [-0.2, -0.15) is 5.10 Å². The molecule has 4 heteroatoms. The van der Waals surface area contributed by atoms with Gasteiger partial charge in [0.15, 0.2) is 0 Å². The molecular weight excluding hydrogens is 176 g/mol. The molecule has 0 saturated carbocycles. The minimum atomic E-state index is 0.717. The van der Waals surface area contributed by atoms with Crippen molar-refractivity contribution in [2.75, 3.05) is 18.8 Å². The fourth-order valence-electron chi connectivity index (χ4n) is 1.98. The highest BCUT2D eigenvalue weighted by Crippen LogP contribution is 2.15. The number of anilines is 1. The van der Waals surface area contributed by atoms with Crippen LogP contribution >= 0.6 is 0 Å². The predicted molar refractivity (Wildman–Crippen MR) is 56.7 cm³/mol. The second kappa shape index (κ2) is 4.46. The van der Waals surface area contributed by atoms with E-state index in [1.165, 1.54) is 38.8 Å². The van der Waals surface area contributed by atoms with Crippen molar-refractivity contribution in [2.45, 2.75) is 32.2 Å². The molecule has 3 N–H and O–H groups in total. The molecule has 0 radical (unpaired) electrons. The first-order valence-corrected chi connectivity index (χ1v) is 5.36. The molecule has 2 heterocycles. The van der Waals surface area contributed by atoms with Crippen LogP contribution in [0, 0.1) is 0 Å². The van der Waals surface area contributed by atoms with E-state index in [1.54, 1.807) is 0 Å². The number of nitrogens with zero attached hydrogens (tertiary/aromatic N) is 2. The maximum absolute atomic E-state index is 5.75. The van der Waals surface area contributed by atoms with E-state index in [1.807, 2.05) is 6.20 Å². The molecule has 1 aromatic rings. The first-order chi connectivity index (χ1) is 6.86. The van der Waals surface area contributed by atoms with Gasteiger partial charge in [-0.25, -0.2) is 0 Å². The summed E-state index contributed by atoms with van der Waals surface area (Å²) in [5, 5.41) is 6.71. The zero-order chi connectivity index (χ0) is 9.80. The molecule has 0 spiro atoms. The molecule has 0 aromatic carbocycles. The Balaban J connectivity index is 1.92. The van der Waals surface area contributed by atoms with E-state index in [-0.39, 0.29) is 0 Å². The molecule has 0 atom stereocenters. The molecule has 0 bridgehead atoms. The minimum Gasteiger partial charge on any atom is -0.384 e. The van der Waals surface area contributed by atoms with Crippen LogP contribution < -0.4 is 5.73 Å². The number of likely N-dealkylation sites (tertiary alicyclic amines) is 1. The summed E-state index contributed by atoms with van der Waals surface area (Å²) >= 11 is 0. The number of rotatable bonds is 2. The highest BCUT2D eigenvalue weighted by molar-refractivity contribution is 5.36. The lowest BCUT2D eigenvalue weighted by molar-refractivity contribution is 0.277. The van der Waals surface area contributed by atoms with Gasteiger partial charge in [0.1, 0.15) is 5.82 Å². The molecular formula is C10H18N4. The summed E-state index contributed by atoms with van der Waals surface area (Å²) in [5.41, 5.74) is 6.88. The maximum atomic E-state index is 5.75. The summed E-state index contributed by atoms with van der Waals surface area (Å²) in [6.45, 7) is 3.34. The van der Waals surface area contributed by atoms with Crippen molar-refractivity contribution in [1.82, 2.24) is 15.1 Å². The summed E-state index contributed by atoms with van der Waals surface area (Å²) in [7, 11) is 0. The van der Waals surface area contributed by atoms with Crippen LogP contribution in [0.4, 0.5) is 5.82 Å². The van der Waals surface area contributed by atoms with Gasteiger partial charge in [0.05, 0.1) is 6.20 Å². The third-order valence-electron chi connectivity index (χ3n) is 2.84. The number of aromatic amines is 1. The van der Waals surface area contributed by atoms with Crippen molar-refractivity contribution in [3.05, 3.63) is 11.8 Å². The van der Waals surface area contributed by atoms with Crippen molar-refractivity contribution >= 4 is 5.82 Å². The Labute approximate surface area is 84.5 Å². The molecule has 1 aliphatic heterocycles. The lowest BCUT2D eigenvalue weighted by Crippen LogP contribution is -2.24. The average Bonchev–Trinajstić information content (AvgIpc) is 2.44. The van der Waals surface area contributed by atoms with E-state index in [4.69, 9.17) is 5.73 Å². The molecule has 1 saturated heterocycles. The molecule has 4 nitrogen and oxygen atoms in total. The fourth-order valence-corrected chi connectivity index (χ4v) is 1.98. The molecule has 2 rings (SSSR count). The zero-order valence-electron chi connectivity index (χ0n) is 8.50. The van der Waals surface area contributed by atoms with Gasteiger partial charge >= 0.3 is 0 Å². The van der Waals surface area contributed by atoms with Crippen LogP contribution in [-0.2, 0) is 6.54 Å². The van der Waals surface area contributed by atoms with Gasteiger partial charge in [0.25, 0.3) is 0 Å². The van der Waals surface area contributed by atoms with E-state index < -0.39 is 0 Å². The van der Waals surface area contributed by atoms with Gasteiger partial charge in [-0.05, 0) is 25.9 Å². The Morgan fingerprint density at radius 3 is 2.57 bits per heavy atom. The number of H-pyrrole nitrogens is 1. The Bertz CT molecular complexity index is 273. The summed E-state index contributed by atoms with van der Waals surface area (Å²) in [6.07, 6.45) is 7.21. The van der Waals surface area contributed by atoms with Crippen LogP contribution in [0.5, 0.6) is 0 Å². The van der Waals surface area contributed by atoms with Gasteiger partial charge in [-0.15, -0.1) is 0 Å². The quantitative estimate of drug-likeness (QED) is 0.747. The van der Waals surface area contributed by atoms with Crippen molar-refractivity contribution < 1.29 is 0 Å². The smallest absolute Gasteiger partial charge is 0.123 e. The highest BCUT2D eigenvalue weighted by atomic mass is 15.2. The predicted octanol–water partition coefficient (Wildman–Crippen LogP) is 1.37.